The number of halogens is 1. The molecule has 1 saturated heterocycles. The van der Waals surface area contributed by atoms with Gasteiger partial charge in [-0.2, -0.15) is 0 Å². The fraction of sp³-hybridized carbons (Fsp3) is 0.650. The third kappa shape index (κ3) is 4.93. The van der Waals surface area contributed by atoms with Gasteiger partial charge in [0.25, 0.3) is 5.91 Å². The van der Waals surface area contributed by atoms with Crippen LogP contribution < -0.4 is 5.32 Å². The van der Waals surface area contributed by atoms with Gasteiger partial charge in [0.2, 0.25) is 0 Å². The minimum Gasteiger partial charge on any atom is -0.351 e. The van der Waals surface area contributed by atoms with E-state index < -0.39 is 0 Å². The predicted octanol–water partition coefficient (Wildman–Crippen LogP) is 4.93. The molecule has 1 aromatic carbocycles. The molecule has 2 aliphatic rings. The fourth-order valence-corrected chi connectivity index (χ4v) is 5.05. The van der Waals surface area contributed by atoms with Crippen molar-refractivity contribution in [2.75, 3.05) is 25.4 Å². The largest absolute Gasteiger partial charge is 0.351 e. The van der Waals surface area contributed by atoms with Gasteiger partial charge in [0.15, 0.2) is 0 Å². The number of benzene rings is 1. The van der Waals surface area contributed by atoms with E-state index in [1.54, 1.807) is 6.07 Å². The van der Waals surface area contributed by atoms with Gasteiger partial charge >= 0.3 is 0 Å². The van der Waals surface area contributed by atoms with Crippen LogP contribution in [-0.4, -0.2) is 35.6 Å². The highest BCUT2D eigenvalue weighted by atomic mass is 35.5. The van der Waals surface area contributed by atoms with E-state index in [0.29, 0.717) is 10.6 Å². The zero-order valence-electron chi connectivity index (χ0n) is 15.3. The van der Waals surface area contributed by atoms with Crippen LogP contribution in [0.3, 0.4) is 0 Å². The normalized spacial score (nSPS) is 20.4. The van der Waals surface area contributed by atoms with Crippen molar-refractivity contribution in [2.24, 2.45) is 11.3 Å². The van der Waals surface area contributed by atoms with Crippen LogP contribution in [0.4, 0.5) is 0 Å². The molecule has 1 saturated carbocycles. The Morgan fingerprint density at radius 1 is 1.36 bits per heavy atom. The summed E-state index contributed by atoms with van der Waals surface area (Å²) in [4.78, 5) is 12.7. The van der Waals surface area contributed by atoms with Crippen LogP contribution >= 0.6 is 23.5 Å². The Hall–Kier alpha value is -0.710. The molecule has 0 atom stereocenters. The molecule has 2 fully saturated rings. The maximum Gasteiger partial charge on any atom is 0.253 e. The van der Waals surface area contributed by atoms with Crippen LogP contribution in [-0.2, 0) is 0 Å². The van der Waals surface area contributed by atoms with Crippen LogP contribution in [0.2, 0.25) is 5.02 Å². The summed E-state index contributed by atoms with van der Waals surface area (Å²) in [6.45, 7) is 7.19. The Balaban J connectivity index is 1.64. The van der Waals surface area contributed by atoms with E-state index in [1.807, 2.05) is 31.0 Å². The highest BCUT2D eigenvalue weighted by molar-refractivity contribution is 7.96. The van der Waals surface area contributed by atoms with Gasteiger partial charge in [-0.25, -0.2) is 0 Å². The molecule has 3 nitrogen and oxygen atoms in total. The molecule has 0 radical (unpaired) electrons. The Morgan fingerprint density at radius 2 is 2.08 bits per heavy atom. The Kier molecular flexibility index (Phi) is 6.35. The van der Waals surface area contributed by atoms with E-state index in [1.165, 1.54) is 32.1 Å². The van der Waals surface area contributed by atoms with Gasteiger partial charge in [0.1, 0.15) is 0 Å². The van der Waals surface area contributed by atoms with Crippen molar-refractivity contribution >= 4 is 29.5 Å². The average molecular weight is 381 g/mol. The summed E-state index contributed by atoms with van der Waals surface area (Å²) in [6, 6.07) is 5.63. The molecule has 0 aromatic heterocycles. The minimum absolute atomic E-state index is 0.0244. The standard InChI is InChI=1S/C20H29ClN2OS/c1-3-25-23-11-9-20(10-12-23,13-16-7-8-16)14-22-19(24)18-15(2)5-4-6-17(18)21/h4-6,16H,3,7-14H2,1-2H3,(H,22,24). The maximum absolute atomic E-state index is 12.7. The molecule has 5 heteroatoms. The van der Waals surface area contributed by atoms with Crippen LogP contribution in [0.25, 0.3) is 0 Å². The lowest BCUT2D eigenvalue weighted by Gasteiger charge is -2.42. The molecule has 25 heavy (non-hydrogen) atoms. The van der Waals surface area contributed by atoms with Gasteiger partial charge in [0, 0.05) is 25.4 Å². The van der Waals surface area contributed by atoms with Crippen molar-refractivity contribution < 1.29 is 4.79 Å². The maximum atomic E-state index is 12.7. The summed E-state index contributed by atoms with van der Waals surface area (Å²) < 4.78 is 2.49. The molecular weight excluding hydrogens is 352 g/mol. The number of nitrogens with zero attached hydrogens (tertiary/aromatic N) is 1. The van der Waals surface area contributed by atoms with Gasteiger partial charge in [-0.15, -0.1) is 0 Å². The topological polar surface area (TPSA) is 32.3 Å². The van der Waals surface area contributed by atoms with Crippen molar-refractivity contribution in [2.45, 2.75) is 46.0 Å². The number of nitrogens with one attached hydrogen (secondary N) is 1. The van der Waals surface area contributed by atoms with Crippen molar-refractivity contribution in [3.63, 3.8) is 0 Å². The molecule has 1 N–H and O–H groups in total. The Labute approximate surface area is 161 Å². The van der Waals surface area contributed by atoms with Crippen LogP contribution in [0, 0.1) is 18.3 Å². The van der Waals surface area contributed by atoms with E-state index in [4.69, 9.17) is 11.6 Å². The minimum atomic E-state index is -0.0244. The molecule has 0 spiro atoms. The molecule has 138 valence electrons. The van der Waals surface area contributed by atoms with Crippen LogP contribution in [0.15, 0.2) is 18.2 Å². The zero-order valence-corrected chi connectivity index (χ0v) is 16.9. The number of piperidine rings is 1. The summed E-state index contributed by atoms with van der Waals surface area (Å²) >= 11 is 8.20. The monoisotopic (exact) mass is 380 g/mol. The summed E-state index contributed by atoms with van der Waals surface area (Å²) in [5.74, 6) is 1.99. The smallest absolute Gasteiger partial charge is 0.253 e. The number of carbonyl (C=O) groups excluding carboxylic acids is 1. The second-order valence-corrected chi connectivity index (χ2v) is 9.37. The van der Waals surface area contributed by atoms with E-state index in [0.717, 1.165) is 36.9 Å². The quantitative estimate of drug-likeness (QED) is 0.681. The number of amides is 1. The third-order valence-electron chi connectivity index (χ3n) is 5.59. The molecule has 1 heterocycles. The van der Waals surface area contributed by atoms with Crippen LogP contribution in [0.5, 0.6) is 0 Å². The van der Waals surface area contributed by atoms with E-state index in [-0.39, 0.29) is 11.3 Å². The molecular formula is C20H29ClN2OS. The van der Waals surface area contributed by atoms with E-state index in [2.05, 4.69) is 16.5 Å². The Morgan fingerprint density at radius 3 is 2.68 bits per heavy atom. The number of hydrogen-bond donors (Lipinski definition) is 1. The molecule has 1 aliphatic heterocycles. The lowest BCUT2D eigenvalue weighted by Crippen LogP contribution is -2.45. The number of carbonyl (C=O) groups is 1. The van der Waals surface area contributed by atoms with Crippen molar-refractivity contribution in [1.82, 2.24) is 9.62 Å². The van der Waals surface area contributed by atoms with Crippen molar-refractivity contribution in [3.8, 4) is 0 Å². The van der Waals surface area contributed by atoms with E-state index in [9.17, 15) is 4.79 Å². The lowest BCUT2D eigenvalue weighted by atomic mass is 9.74. The van der Waals surface area contributed by atoms with Crippen LogP contribution in [0.1, 0.15) is 54.9 Å². The highest BCUT2D eigenvalue weighted by Gasteiger charge is 2.39. The third-order valence-corrected chi connectivity index (χ3v) is 6.89. The van der Waals surface area contributed by atoms with E-state index >= 15 is 0 Å². The predicted molar refractivity (Wildman–Crippen MR) is 107 cm³/mol. The van der Waals surface area contributed by atoms with Gasteiger partial charge < -0.3 is 5.32 Å². The molecule has 0 bridgehead atoms. The average Bonchev–Trinajstić information content (AvgIpc) is 3.39. The summed E-state index contributed by atoms with van der Waals surface area (Å²) in [7, 11) is 0. The molecule has 0 unspecified atom stereocenters. The molecule has 1 aromatic rings. The second kappa shape index (κ2) is 8.32. The lowest BCUT2D eigenvalue weighted by molar-refractivity contribution is 0.0877. The first-order valence-electron chi connectivity index (χ1n) is 9.44. The zero-order chi connectivity index (χ0) is 17.9. The van der Waals surface area contributed by atoms with Gasteiger partial charge in [0.05, 0.1) is 10.6 Å². The SMILES string of the molecule is CCSN1CCC(CNC(=O)c2c(C)cccc2Cl)(CC2CC2)CC1. The van der Waals surface area contributed by atoms with Gasteiger partial charge in [-0.1, -0.05) is 55.4 Å². The highest BCUT2D eigenvalue weighted by Crippen LogP contribution is 2.46. The van der Waals surface area contributed by atoms with Crippen molar-refractivity contribution in [3.05, 3.63) is 34.3 Å². The fourth-order valence-electron chi connectivity index (χ4n) is 3.94. The number of rotatable bonds is 7. The first kappa shape index (κ1) is 19.1. The van der Waals surface area contributed by atoms with Gasteiger partial charge in [-0.3, -0.25) is 9.10 Å². The molecule has 3 rings (SSSR count). The summed E-state index contributed by atoms with van der Waals surface area (Å²) in [5, 5.41) is 3.77. The first-order valence-corrected chi connectivity index (χ1v) is 10.8. The molecule has 1 aliphatic carbocycles. The summed E-state index contributed by atoms with van der Waals surface area (Å²) in [5.41, 5.74) is 1.83. The summed E-state index contributed by atoms with van der Waals surface area (Å²) in [6.07, 6.45) is 6.36. The second-order valence-electron chi connectivity index (χ2n) is 7.61. The van der Waals surface area contributed by atoms with Crippen molar-refractivity contribution in [1.29, 1.82) is 0 Å². The van der Waals surface area contributed by atoms with Gasteiger partial charge in [-0.05, 0) is 49.1 Å². The number of aryl methyl sites for hydroxylation is 1. The first-order chi connectivity index (χ1) is 12.0. The molecule has 1 amide bonds. The Bertz CT molecular complexity index is 589. The number of hydrogen-bond acceptors (Lipinski definition) is 3.